The van der Waals surface area contributed by atoms with E-state index >= 15 is 0 Å². The molecule has 0 bridgehead atoms. The van der Waals surface area contributed by atoms with Crippen LogP contribution in [0.1, 0.15) is 10.5 Å². The third-order valence-corrected chi connectivity index (χ3v) is 4.19. The summed E-state index contributed by atoms with van der Waals surface area (Å²) in [6.07, 6.45) is 0. The summed E-state index contributed by atoms with van der Waals surface area (Å²) in [6, 6.07) is 7.09. The summed E-state index contributed by atoms with van der Waals surface area (Å²) < 4.78 is 15.9. The Kier molecular flexibility index (Phi) is 4.71. The van der Waals surface area contributed by atoms with E-state index in [0.717, 1.165) is 18.7 Å². The van der Waals surface area contributed by atoms with Gasteiger partial charge in [0.2, 0.25) is 0 Å². The van der Waals surface area contributed by atoms with Crippen LogP contribution in [-0.2, 0) is 0 Å². The number of likely N-dealkylation sites (N-methyl/N-ethyl adjacent to an activating group) is 1. The summed E-state index contributed by atoms with van der Waals surface area (Å²) in [5.41, 5.74) is 1.10. The molecule has 0 aliphatic carbocycles. The highest BCUT2D eigenvalue weighted by Crippen LogP contribution is 2.32. The molecule has 2 aromatic rings. The topological polar surface area (TPSA) is 68.0 Å². The van der Waals surface area contributed by atoms with Gasteiger partial charge < -0.3 is 23.8 Å². The fourth-order valence-electron chi connectivity index (χ4n) is 2.67. The number of ether oxygens (including phenoxy) is 2. The standard InChI is InChI=1S/C17H21N3O4/c1-19-6-8-20(9-7-19)17(21)13-11-15(24-18-13)12-4-5-14(22-2)16(10-12)23-3/h4-5,10-11H,6-9H2,1-3H3. The van der Waals surface area contributed by atoms with Crippen molar-refractivity contribution in [1.82, 2.24) is 15.0 Å². The van der Waals surface area contributed by atoms with Gasteiger partial charge in [0.25, 0.3) is 5.91 Å². The average Bonchev–Trinajstić information content (AvgIpc) is 3.11. The zero-order valence-corrected chi connectivity index (χ0v) is 14.1. The second-order valence-electron chi connectivity index (χ2n) is 5.74. The van der Waals surface area contributed by atoms with E-state index in [0.29, 0.717) is 36.0 Å². The minimum Gasteiger partial charge on any atom is -0.493 e. The third-order valence-electron chi connectivity index (χ3n) is 4.19. The van der Waals surface area contributed by atoms with Gasteiger partial charge in [-0.05, 0) is 25.2 Å². The molecule has 128 valence electrons. The third kappa shape index (κ3) is 3.21. The lowest BCUT2D eigenvalue weighted by molar-refractivity contribution is 0.0654. The molecule has 0 atom stereocenters. The van der Waals surface area contributed by atoms with Gasteiger partial charge in [-0.2, -0.15) is 0 Å². The number of methoxy groups -OCH3 is 2. The van der Waals surface area contributed by atoms with Crippen molar-refractivity contribution in [3.05, 3.63) is 30.0 Å². The molecule has 1 aliphatic heterocycles. The molecule has 0 unspecified atom stereocenters. The van der Waals surface area contributed by atoms with Gasteiger partial charge in [0.05, 0.1) is 14.2 Å². The highest BCUT2D eigenvalue weighted by molar-refractivity contribution is 5.93. The number of hydrogen-bond acceptors (Lipinski definition) is 6. The van der Waals surface area contributed by atoms with Gasteiger partial charge in [-0.3, -0.25) is 4.79 Å². The van der Waals surface area contributed by atoms with Crippen molar-refractivity contribution < 1.29 is 18.8 Å². The molecule has 2 heterocycles. The van der Waals surface area contributed by atoms with E-state index < -0.39 is 0 Å². The highest BCUT2D eigenvalue weighted by Gasteiger charge is 2.23. The predicted octanol–water partition coefficient (Wildman–Crippen LogP) is 1.75. The molecule has 1 fully saturated rings. The fraction of sp³-hybridized carbons (Fsp3) is 0.412. The zero-order valence-electron chi connectivity index (χ0n) is 14.1. The molecule has 24 heavy (non-hydrogen) atoms. The van der Waals surface area contributed by atoms with Crippen molar-refractivity contribution in [2.75, 3.05) is 47.4 Å². The lowest BCUT2D eigenvalue weighted by Gasteiger charge is -2.31. The Morgan fingerprint density at radius 1 is 1.08 bits per heavy atom. The Bertz CT molecular complexity index is 720. The van der Waals surface area contributed by atoms with Crippen LogP contribution in [0.25, 0.3) is 11.3 Å². The summed E-state index contributed by atoms with van der Waals surface area (Å²) in [6.45, 7) is 3.14. The maximum Gasteiger partial charge on any atom is 0.276 e. The van der Waals surface area contributed by atoms with Crippen LogP contribution in [0.5, 0.6) is 11.5 Å². The molecule has 0 N–H and O–H groups in total. The number of rotatable bonds is 4. The fourth-order valence-corrected chi connectivity index (χ4v) is 2.67. The largest absolute Gasteiger partial charge is 0.493 e. The zero-order chi connectivity index (χ0) is 17.1. The van der Waals surface area contributed by atoms with Crippen molar-refractivity contribution in [2.24, 2.45) is 0 Å². The van der Waals surface area contributed by atoms with Crippen LogP contribution >= 0.6 is 0 Å². The van der Waals surface area contributed by atoms with E-state index in [1.807, 2.05) is 13.1 Å². The molecular formula is C17H21N3O4. The number of amides is 1. The molecule has 7 heteroatoms. The van der Waals surface area contributed by atoms with Gasteiger partial charge in [-0.15, -0.1) is 0 Å². The van der Waals surface area contributed by atoms with Gasteiger partial charge in [0.15, 0.2) is 23.0 Å². The Labute approximate surface area is 140 Å². The van der Waals surface area contributed by atoms with Crippen LogP contribution in [0.3, 0.4) is 0 Å². The lowest BCUT2D eigenvalue weighted by atomic mass is 10.1. The van der Waals surface area contributed by atoms with E-state index in [2.05, 4.69) is 10.1 Å². The van der Waals surface area contributed by atoms with Gasteiger partial charge in [0, 0.05) is 37.8 Å². The number of carbonyl (C=O) groups excluding carboxylic acids is 1. The number of hydrogen-bond donors (Lipinski definition) is 0. The Balaban J connectivity index is 1.79. The first kappa shape index (κ1) is 16.3. The molecule has 1 amide bonds. The van der Waals surface area contributed by atoms with E-state index in [9.17, 15) is 4.79 Å². The molecule has 1 saturated heterocycles. The van der Waals surface area contributed by atoms with Crippen molar-refractivity contribution in [2.45, 2.75) is 0 Å². The molecule has 1 aromatic heterocycles. The van der Waals surface area contributed by atoms with Gasteiger partial charge >= 0.3 is 0 Å². The molecule has 1 aliphatic rings. The number of benzene rings is 1. The van der Waals surface area contributed by atoms with Crippen LogP contribution in [0.2, 0.25) is 0 Å². The first-order chi connectivity index (χ1) is 11.6. The predicted molar refractivity (Wildman–Crippen MR) is 88.4 cm³/mol. The van der Waals surface area contributed by atoms with Crippen LogP contribution in [-0.4, -0.2) is 68.3 Å². The number of nitrogens with zero attached hydrogens (tertiary/aromatic N) is 3. The molecule has 1 aromatic carbocycles. The molecular weight excluding hydrogens is 310 g/mol. The number of carbonyl (C=O) groups is 1. The van der Waals surface area contributed by atoms with Gasteiger partial charge in [-0.1, -0.05) is 5.16 Å². The molecule has 0 saturated carbocycles. The first-order valence-electron chi connectivity index (χ1n) is 7.79. The van der Waals surface area contributed by atoms with Crippen LogP contribution in [0.15, 0.2) is 28.8 Å². The monoisotopic (exact) mass is 331 g/mol. The Hall–Kier alpha value is -2.54. The maximum absolute atomic E-state index is 12.5. The van der Waals surface area contributed by atoms with E-state index in [4.69, 9.17) is 14.0 Å². The first-order valence-corrected chi connectivity index (χ1v) is 7.79. The second kappa shape index (κ2) is 6.92. The lowest BCUT2D eigenvalue weighted by Crippen LogP contribution is -2.47. The minimum atomic E-state index is -0.0985. The molecule has 3 rings (SSSR count). The van der Waals surface area contributed by atoms with Crippen molar-refractivity contribution in [1.29, 1.82) is 0 Å². The minimum absolute atomic E-state index is 0.0985. The van der Waals surface area contributed by atoms with Gasteiger partial charge in [-0.25, -0.2) is 0 Å². The van der Waals surface area contributed by atoms with E-state index in [1.165, 1.54) is 0 Å². The number of piperazine rings is 1. The van der Waals surface area contributed by atoms with Crippen LogP contribution in [0, 0.1) is 0 Å². The van der Waals surface area contributed by atoms with Crippen molar-refractivity contribution in [3.8, 4) is 22.8 Å². The van der Waals surface area contributed by atoms with E-state index in [1.54, 1.807) is 37.3 Å². The van der Waals surface area contributed by atoms with Crippen LogP contribution < -0.4 is 9.47 Å². The summed E-state index contributed by atoms with van der Waals surface area (Å²) in [4.78, 5) is 16.5. The van der Waals surface area contributed by atoms with Gasteiger partial charge in [0.1, 0.15) is 0 Å². The summed E-state index contributed by atoms with van der Waals surface area (Å²) in [5, 5.41) is 3.93. The normalized spacial score (nSPS) is 15.4. The smallest absolute Gasteiger partial charge is 0.276 e. The maximum atomic E-state index is 12.5. The second-order valence-corrected chi connectivity index (χ2v) is 5.74. The number of aromatic nitrogens is 1. The average molecular weight is 331 g/mol. The Morgan fingerprint density at radius 2 is 1.79 bits per heavy atom. The Morgan fingerprint density at radius 3 is 2.46 bits per heavy atom. The quantitative estimate of drug-likeness (QED) is 0.850. The van der Waals surface area contributed by atoms with Crippen molar-refractivity contribution >= 4 is 5.91 Å². The SMILES string of the molecule is COc1ccc(-c2cc(C(=O)N3CCN(C)CC3)no2)cc1OC. The summed E-state index contributed by atoms with van der Waals surface area (Å²) in [7, 11) is 5.20. The highest BCUT2D eigenvalue weighted by atomic mass is 16.5. The molecule has 0 spiro atoms. The van der Waals surface area contributed by atoms with Crippen molar-refractivity contribution in [3.63, 3.8) is 0 Å². The molecule has 0 radical (unpaired) electrons. The summed E-state index contributed by atoms with van der Waals surface area (Å²) >= 11 is 0. The molecule has 7 nitrogen and oxygen atoms in total. The summed E-state index contributed by atoms with van der Waals surface area (Å²) in [5.74, 6) is 1.65. The van der Waals surface area contributed by atoms with Crippen LogP contribution in [0.4, 0.5) is 0 Å². The van der Waals surface area contributed by atoms with E-state index in [-0.39, 0.29) is 5.91 Å².